The Hall–Kier alpha value is -0.860. The minimum Gasteiger partial charge on any atom is -0.330 e. The molecule has 3 atom stereocenters. The molecule has 2 heteroatoms. The summed E-state index contributed by atoms with van der Waals surface area (Å²) in [4.78, 5) is 2.53. The van der Waals surface area contributed by atoms with E-state index in [1.54, 1.807) is 0 Å². The Balaban J connectivity index is 2.13. The second kappa shape index (κ2) is 5.85. The number of hydrogen-bond acceptors (Lipinski definition) is 2. The quantitative estimate of drug-likeness (QED) is 0.884. The lowest BCUT2D eigenvalue weighted by Crippen LogP contribution is -2.39. The van der Waals surface area contributed by atoms with Gasteiger partial charge in [-0.2, -0.15) is 0 Å². The third kappa shape index (κ3) is 2.60. The highest BCUT2D eigenvalue weighted by Gasteiger charge is 2.31. The summed E-state index contributed by atoms with van der Waals surface area (Å²) in [5, 5.41) is 0. The maximum Gasteiger partial charge on any atom is 0.0322 e. The molecule has 2 nitrogen and oxygen atoms in total. The van der Waals surface area contributed by atoms with Crippen LogP contribution in [0.15, 0.2) is 24.3 Å². The SMILES string of the molecule is Cc1ccccc1C(C)N(C)C1CCCC1CN. The lowest BCUT2D eigenvalue weighted by atomic mass is 9.97. The van der Waals surface area contributed by atoms with Crippen LogP contribution >= 0.6 is 0 Å². The molecule has 0 spiro atoms. The van der Waals surface area contributed by atoms with Crippen molar-refractivity contribution >= 4 is 0 Å². The smallest absolute Gasteiger partial charge is 0.0322 e. The van der Waals surface area contributed by atoms with E-state index >= 15 is 0 Å². The fourth-order valence-corrected chi connectivity index (χ4v) is 3.39. The molecule has 1 saturated carbocycles. The van der Waals surface area contributed by atoms with Crippen molar-refractivity contribution < 1.29 is 0 Å². The summed E-state index contributed by atoms with van der Waals surface area (Å²) in [5.74, 6) is 0.682. The molecular formula is C16H26N2. The first-order valence-electron chi connectivity index (χ1n) is 7.12. The first-order valence-corrected chi connectivity index (χ1v) is 7.12. The van der Waals surface area contributed by atoms with Crippen molar-refractivity contribution in [2.75, 3.05) is 13.6 Å². The molecule has 1 aliphatic rings. The normalized spacial score (nSPS) is 25.6. The predicted molar refractivity (Wildman–Crippen MR) is 77.5 cm³/mol. The molecule has 0 saturated heterocycles. The largest absolute Gasteiger partial charge is 0.330 e. The zero-order chi connectivity index (χ0) is 13.1. The second-order valence-corrected chi connectivity index (χ2v) is 5.69. The van der Waals surface area contributed by atoms with E-state index in [1.807, 2.05) is 0 Å². The summed E-state index contributed by atoms with van der Waals surface area (Å²) >= 11 is 0. The molecule has 0 aliphatic heterocycles. The van der Waals surface area contributed by atoms with Crippen molar-refractivity contribution in [3.05, 3.63) is 35.4 Å². The van der Waals surface area contributed by atoms with Gasteiger partial charge in [-0.25, -0.2) is 0 Å². The third-order valence-corrected chi connectivity index (χ3v) is 4.69. The van der Waals surface area contributed by atoms with Crippen molar-refractivity contribution in [3.63, 3.8) is 0 Å². The third-order valence-electron chi connectivity index (χ3n) is 4.69. The summed E-state index contributed by atoms with van der Waals surface area (Å²) < 4.78 is 0. The lowest BCUT2D eigenvalue weighted by Gasteiger charge is -2.35. The molecule has 0 aromatic heterocycles. The molecule has 100 valence electrons. The summed E-state index contributed by atoms with van der Waals surface area (Å²) in [7, 11) is 2.26. The van der Waals surface area contributed by atoms with Crippen molar-refractivity contribution in [2.24, 2.45) is 11.7 Å². The van der Waals surface area contributed by atoms with Gasteiger partial charge in [0.25, 0.3) is 0 Å². The molecule has 3 unspecified atom stereocenters. The van der Waals surface area contributed by atoms with E-state index in [4.69, 9.17) is 5.73 Å². The van der Waals surface area contributed by atoms with Gasteiger partial charge in [-0.15, -0.1) is 0 Å². The highest BCUT2D eigenvalue weighted by Crippen LogP contribution is 2.33. The molecule has 2 N–H and O–H groups in total. The second-order valence-electron chi connectivity index (χ2n) is 5.69. The van der Waals surface area contributed by atoms with Gasteiger partial charge in [0, 0.05) is 12.1 Å². The van der Waals surface area contributed by atoms with E-state index in [1.165, 1.54) is 30.4 Å². The fraction of sp³-hybridized carbons (Fsp3) is 0.625. The first-order chi connectivity index (χ1) is 8.65. The maximum absolute atomic E-state index is 5.90. The molecule has 1 aromatic carbocycles. The van der Waals surface area contributed by atoms with E-state index in [0.717, 1.165) is 6.54 Å². The molecular weight excluding hydrogens is 220 g/mol. The maximum atomic E-state index is 5.90. The topological polar surface area (TPSA) is 29.3 Å². The van der Waals surface area contributed by atoms with Gasteiger partial charge >= 0.3 is 0 Å². The Kier molecular flexibility index (Phi) is 4.41. The van der Waals surface area contributed by atoms with Gasteiger partial charge in [0.1, 0.15) is 0 Å². The van der Waals surface area contributed by atoms with Crippen molar-refractivity contribution in [1.82, 2.24) is 4.90 Å². The van der Waals surface area contributed by atoms with Crippen LogP contribution in [0.4, 0.5) is 0 Å². The van der Waals surface area contributed by atoms with E-state index in [-0.39, 0.29) is 0 Å². The summed E-state index contributed by atoms with van der Waals surface area (Å²) in [6.07, 6.45) is 3.93. The summed E-state index contributed by atoms with van der Waals surface area (Å²) in [6, 6.07) is 9.84. The van der Waals surface area contributed by atoms with Gasteiger partial charge in [-0.3, -0.25) is 4.90 Å². The number of rotatable bonds is 4. The fourth-order valence-electron chi connectivity index (χ4n) is 3.39. The van der Waals surface area contributed by atoms with Crippen LogP contribution in [-0.2, 0) is 0 Å². The van der Waals surface area contributed by atoms with Crippen molar-refractivity contribution in [3.8, 4) is 0 Å². The van der Waals surface area contributed by atoms with Crippen LogP contribution in [0.2, 0.25) is 0 Å². The first kappa shape index (κ1) is 13.6. The molecule has 1 fully saturated rings. The Morgan fingerprint density at radius 3 is 2.72 bits per heavy atom. The van der Waals surface area contributed by atoms with E-state index in [0.29, 0.717) is 18.0 Å². The molecule has 0 heterocycles. The number of benzene rings is 1. The van der Waals surface area contributed by atoms with Crippen LogP contribution in [-0.4, -0.2) is 24.5 Å². The number of hydrogen-bond donors (Lipinski definition) is 1. The standard InChI is InChI=1S/C16H26N2/c1-12-7-4-5-9-15(12)13(2)18(3)16-10-6-8-14(16)11-17/h4-5,7,9,13-14,16H,6,8,10-11,17H2,1-3H3. The summed E-state index contributed by atoms with van der Waals surface area (Å²) in [5.41, 5.74) is 8.74. The van der Waals surface area contributed by atoms with Crippen LogP contribution in [0.25, 0.3) is 0 Å². The van der Waals surface area contributed by atoms with Crippen LogP contribution in [0, 0.1) is 12.8 Å². The average molecular weight is 246 g/mol. The van der Waals surface area contributed by atoms with Crippen LogP contribution < -0.4 is 5.73 Å². The van der Waals surface area contributed by atoms with Gasteiger partial charge in [-0.05, 0) is 57.3 Å². The molecule has 18 heavy (non-hydrogen) atoms. The van der Waals surface area contributed by atoms with Crippen molar-refractivity contribution in [2.45, 2.75) is 45.2 Å². The molecule has 2 rings (SSSR count). The number of aryl methyl sites for hydroxylation is 1. The molecule has 0 radical (unpaired) electrons. The van der Waals surface area contributed by atoms with Crippen LogP contribution in [0.3, 0.4) is 0 Å². The highest BCUT2D eigenvalue weighted by atomic mass is 15.2. The Morgan fingerprint density at radius 2 is 2.06 bits per heavy atom. The molecule has 1 aromatic rings. The van der Waals surface area contributed by atoms with Gasteiger partial charge < -0.3 is 5.73 Å². The Morgan fingerprint density at radius 1 is 1.33 bits per heavy atom. The molecule has 0 amide bonds. The zero-order valence-corrected chi connectivity index (χ0v) is 11.9. The highest BCUT2D eigenvalue weighted by molar-refractivity contribution is 5.28. The van der Waals surface area contributed by atoms with Gasteiger partial charge in [0.05, 0.1) is 0 Å². The van der Waals surface area contributed by atoms with Gasteiger partial charge in [-0.1, -0.05) is 30.7 Å². The lowest BCUT2D eigenvalue weighted by molar-refractivity contribution is 0.152. The van der Waals surface area contributed by atoms with Crippen molar-refractivity contribution in [1.29, 1.82) is 0 Å². The molecule has 0 bridgehead atoms. The summed E-state index contributed by atoms with van der Waals surface area (Å²) in [6.45, 7) is 5.35. The molecule has 1 aliphatic carbocycles. The van der Waals surface area contributed by atoms with E-state index in [2.05, 4.69) is 50.1 Å². The van der Waals surface area contributed by atoms with Crippen LogP contribution in [0.1, 0.15) is 43.4 Å². The van der Waals surface area contributed by atoms with Gasteiger partial charge in [0.2, 0.25) is 0 Å². The average Bonchev–Trinajstić information content (AvgIpc) is 2.86. The van der Waals surface area contributed by atoms with Gasteiger partial charge in [0.15, 0.2) is 0 Å². The number of nitrogens with two attached hydrogens (primary N) is 1. The van der Waals surface area contributed by atoms with E-state index < -0.39 is 0 Å². The Bertz CT molecular complexity index is 388. The van der Waals surface area contributed by atoms with Crippen LogP contribution in [0.5, 0.6) is 0 Å². The number of nitrogens with zero attached hydrogens (tertiary/aromatic N) is 1. The van der Waals surface area contributed by atoms with E-state index in [9.17, 15) is 0 Å². The zero-order valence-electron chi connectivity index (χ0n) is 11.9. The Labute approximate surface area is 111 Å². The minimum absolute atomic E-state index is 0.475. The predicted octanol–water partition coefficient (Wildman–Crippen LogP) is 3.12. The monoisotopic (exact) mass is 246 g/mol. The minimum atomic E-state index is 0.475.